The van der Waals surface area contributed by atoms with E-state index in [1.54, 1.807) is 0 Å². The monoisotopic (exact) mass is 248 g/mol. The van der Waals surface area contributed by atoms with Crippen LogP contribution in [0.1, 0.15) is 39.5 Å². The Morgan fingerprint density at radius 2 is 1.76 bits per heavy atom. The molecule has 102 valence electrons. The average molecular weight is 248 g/mol. The first-order valence-electron chi connectivity index (χ1n) is 5.89. The molecule has 0 atom stereocenters. The van der Waals surface area contributed by atoms with Gasteiger partial charge in [0.1, 0.15) is 0 Å². The molecule has 5 N–H and O–H groups in total. The lowest BCUT2D eigenvalue weighted by Crippen LogP contribution is -2.43. The van der Waals surface area contributed by atoms with E-state index in [2.05, 4.69) is 5.48 Å². The standard InChI is InChI=1S/C11H24N2O4/c1-11(2,17-13-10(12)16)9(5-3-7-14)6-4-8-15/h9,14-15H,3-8H2,1-2H3,(H3,12,13,16). The van der Waals surface area contributed by atoms with Crippen LogP contribution in [-0.4, -0.2) is 35.1 Å². The molecule has 0 aliphatic heterocycles. The second-order valence-corrected chi connectivity index (χ2v) is 4.60. The maximum Gasteiger partial charge on any atom is 0.336 e. The number of amides is 2. The number of carbonyl (C=O) groups excluding carboxylic acids is 1. The predicted molar refractivity (Wildman–Crippen MR) is 64.0 cm³/mol. The van der Waals surface area contributed by atoms with Crippen LogP contribution in [0.4, 0.5) is 4.79 Å². The van der Waals surface area contributed by atoms with Crippen LogP contribution in [0.2, 0.25) is 0 Å². The van der Waals surface area contributed by atoms with Gasteiger partial charge in [0.05, 0.1) is 5.60 Å². The average Bonchev–Trinajstić information content (AvgIpc) is 2.26. The number of aliphatic hydroxyl groups excluding tert-OH is 2. The first-order chi connectivity index (χ1) is 7.94. The van der Waals surface area contributed by atoms with Gasteiger partial charge < -0.3 is 15.9 Å². The summed E-state index contributed by atoms with van der Waals surface area (Å²) in [5.74, 6) is 0.133. The molecule has 0 bridgehead atoms. The Kier molecular flexibility index (Phi) is 7.86. The number of nitrogens with one attached hydrogen (secondary N) is 1. The van der Waals surface area contributed by atoms with Crippen LogP contribution in [0.5, 0.6) is 0 Å². The summed E-state index contributed by atoms with van der Waals surface area (Å²) in [6.07, 6.45) is 2.87. The number of urea groups is 1. The van der Waals surface area contributed by atoms with E-state index in [9.17, 15) is 4.79 Å². The van der Waals surface area contributed by atoms with E-state index >= 15 is 0 Å². The number of hydrogen-bond donors (Lipinski definition) is 4. The van der Waals surface area contributed by atoms with Crippen molar-refractivity contribution in [2.24, 2.45) is 11.7 Å². The number of aliphatic hydroxyl groups is 2. The minimum atomic E-state index is -0.735. The molecule has 0 saturated heterocycles. The third-order valence-corrected chi connectivity index (χ3v) is 2.82. The van der Waals surface area contributed by atoms with Gasteiger partial charge in [-0.15, -0.1) is 0 Å². The fourth-order valence-corrected chi connectivity index (χ4v) is 1.78. The van der Waals surface area contributed by atoms with Crippen LogP contribution in [0.25, 0.3) is 0 Å². The van der Waals surface area contributed by atoms with E-state index in [1.165, 1.54) is 0 Å². The number of nitrogens with two attached hydrogens (primary N) is 1. The normalized spacial score (nSPS) is 11.8. The molecule has 0 aromatic heterocycles. The van der Waals surface area contributed by atoms with Crippen molar-refractivity contribution in [3.05, 3.63) is 0 Å². The zero-order chi connectivity index (χ0) is 13.3. The molecule has 0 aliphatic carbocycles. The number of rotatable bonds is 9. The Labute approximate surface area is 102 Å². The molecule has 0 aromatic carbocycles. The van der Waals surface area contributed by atoms with Crippen molar-refractivity contribution in [2.45, 2.75) is 45.1 Å². The molecule has 0 unspecified atom stereocenters. The maximum absolute atomic E-state index is 10.6. The number of carbonyl (C=O) groups is 1. The van der Waals surface area contributed by atoms with E-state index in [0.717, 1.165) is 12.8 Å². The second kappa shape index (κ2) is 8.27. The Morgan fingerprint density at radius 3 is 2.12 bits per heavy atom. The molecule has 0 aromatic rings. The van der Waals surface area contributed by atoms with Gasteiger partial charge in [0.25, 0.3) is 0 Å². The van der Waals surface area contributed by atoms with Gasteiger partial charge in [-0.25, -0.2) is 10.3 Å². The lowest BCUT2D eigenvalue weighted by atomic mass is 9.83. The first kappa shape index (κ1) is 16.1. The summed E-state index contributed by atoms with van der Waals surface area (Å²) < 4.78 is 0. The highest BCUT2D eigenvalue weighted by Gasteiger charge is 2.30. The lowest BCUT2D eigenvalue weighted by molar-refractivity contribution is -0.105. The first-order valence-corrected chi connectivity index (χ1v) is 5.89. The SMILES string of the molecule is CC(C)(ONC(N)=O)C(CCCO)CCCO. The highest BCUT2D eigenvalue weighted by atomic mass is 16.7. The molecule has 0 rings (SSSR count). The highest BCUT2D eigenvalue weighted by Crippen LogP contribution is 2.28. The maximum atomic E-state index is 10.6. The van der Waals surface area contributed by atoms with Gasteiger partial charge in [0.2, 0.25) is 0 Å². The van der Waals surface area contributed by atoms with Crippen LogP contribution >= 0.6 is 0 Å². The molecule has 6 nitrogen and oxygen atoms in total. The lowest BCUT2D eigenvalue weighted by Gasteiger charge is -2.33. The largest absolute Gasteiger partial charge is 0.396 e. The smallest absolute Gasteiger partial charge is 0.336 e. The Bertz CT molecular complexity index is 214. The van der Waals surface area contributed by atoms with Crippen LogP contribution < -0.4 is 11.2 Å². The minimum absolute atomic E-state index is 0.120. The fraction of sp³-hybridized carbons (Fsp3) is 0.909. The van der Waals surface area contributed by atoms with Gasteiger partial charge in [-0.1, -0.05) is 0 Å². The van der Waals surface area contributed by atoms with E-state index in [4.69, 9.17) is 20.8 Å². The van der Waals surface area contributed by atoms with Crippen molar-refractivity contribution in [2.75, 3.05) is 13.2 Å². The highest BCUT2D eigenvalue weighted by molar-refractivity contribution is 5.70. The zero-order valence-electron chi connectivity index (χ0n) is 10.6. The Hall–Kier alpha value is -0.850. The van der Waals surface area contributed by atoms with Crippen LogP contribution in [0.15, 0.2) is 0 Å². The van der Waals surface area contributed by atoms with Crippen LogP contribution in [0, 0.1) is 5.92 Å². The zero-order valence-corrected chi connectivity index (χ0v) is 10.6. The van der Waals surface area contributed by atoms with Gasteiger partial charge in [0.15, 0.2) is 0 Å². The molecule has 0 fully saturated rings. The topological polar surface area (TPSA) is 105 Å². The van der Waals surface area contributed by atoms with Crippen molar-refractivity contribution in [3.8, 4) is 0 Å². The van der Waals surface area contributed by atoms with Crippen molar-refractivity contribution in [1.82, 2.24) is 5.48 Å². The number of hydroxylamine groups is 1. The molecule has 0 aliphatic rings. The summed E-state index contributed by atoms with van der Waals surface area (Å²) in [6, 6.07) is -0.735. The van der Waals surface area contributed by atoms with Crippen LogP contribution in [0.3, 0.4) is 0 Å². The molecule has 17 heavy (non-hydrogen) atoms. The molecular weight excluding hydrogens is 224 g/mol. The van der Waals surface area contributed by atoms with E-state index in [1.807, 2.05) is 13.8 Å². The second-order valence-electron chi connectivity index (χ2n) is 4.60. The minimum Gasteiger partial charge on any atom is -0.396 e. The molecular formula is C11H24N2O4. The number of primary amides is 1. The molecule has 0 saturated carbocycles. The molecule has 0 radical (unpaired) electrons. The Balaban J connectivity index is 4.33. The molecule has 0 spiro atoms. The van der Waals surface area contributed by atoms with E-state index < -0.39 is 11.6 Å². The third-order valence-electron chi connectivity index (χ3n) is 2.82. The van der Waals surface area contributed by atoms with Gasteiger partial charge in [-0.05, 0) is 45.4 Å². The summed E-state index contributed by atoms with van der Waals surface area (Å²) >= 11 is 0. The summed E-state index contributed by atoms with van der Waals surface area (Å²) in [6.45, 7) is 3.94. The predicted octanol–water partition coefficient (Wildman–Crippen LogP) is 0.526. The van der Waals surface area contributed by atoms with Gasteiger partial charge >= 0.3 is 6.03 Å². The van der Waals surface area contributed by atoms with Gasteiger partial charge in [-0.3, -0.25) is 4.84 Å². The summed E-state index contributed by atoms with van der Waals surface area (Å²) in [5, 5.41) is 17.7. The summed E-state index contributed by atoms with van der Waals surface area (Å²) in [7, 11) is 0. The Morgan fingerprint density at radius 1 is 1.29 bits per heavy atom. The van der Waals surface area contributed by atoms with Crippen LogP contribution in [-0.2, 0) is 4.84 Å². The summed E-state index contributed by atoms with van der Waals surface area (Å²) in [5.41, 5.74) is 6.49. The molecule has 2 amide bonds. The molecule has 0 heterocycles. The quantitative estimate of drug-likeness (QED) is 0.446. The van der Waals surface area contributed by atoms with Gasteiger partial charge in [0, 0.05) is 13.2 Å². The van der Waals surface area contributed by atoms with Crippen molar-refractivity contribution in [1.29, 1.82) is 0 Å². The van der Waals surface area contributed by atoms with Crippen molar-refractivity contribution >= 4 is 6.03 Å². The van der Waals surface area contributed by atoms with E-state index in [-0.39, 0.29) is 19.1 Å². The number of hydrogen-bond acceptors (Lipinski definition) is 4. The van der Waals surface area contributed by atoms with Gasteiger partial charge in [-0.2, -0.15) is 0 Å². The molecule has 6 heteroatoms. The fourth-order valence-electron chi connectivity index (χ4n) is 1.78. The van der Waals surface area contributed by atoms with Crippen molar-refractivity contribution < 1.29 is 19.8 Å². The third kappa shape index (κ3) is 7.14. The van der Waals surface area contributed by atoms with Crippen molar-refractivity contribution in [3.63, 3.8) is 0 Å². The van der Waals surface area contributed by atoms with E-state index in [0.29, 0.717) is 12.8 Å². The summed E-state index contributed by atoms with van der Waals surface area (Å²) in [4.78, 5) is 15.9.